The molecule has 0 heterocycles. The molecule has 112 valence electrons. The van der Waals surface area contributed by atoms with E-state index in [1.165, 1.54) is 17.5 Å². The minimum absolute atomic E-state index is 0.0140. The van der Waals surface area contributed by atoms with Gasteiger partial charge in [-0.15, -0.1) is 11.8 Å². The summed E-state index contributed by atoms with van der Waals surface area (Å²) >= 11 is 13.6. The fourth-order valence-electron chi connectivity index (χ4n) is 2.07. The lowest BCUT2D eigenvalue weighted by molar-refractivity contribution is 0.828. The number of rotatable bonds is 6. The highest BCUT2D eigenvalue weighted by Crippen LogP contribution is 2.29. The van der Waals surface area contributed by atoms with Gasteiger partial charge in [-0.2, -0.15) is 0 Å². The van der Waals surface area contributed by atoms with Gasteiger partial charge in [0.15, 0.2) is 0 Å². The number of aryl methyl sites for hydroxylation is 1. The van der Waals surface area contributed by atoms with Gasteiger partial charge in [-0.1, -0.05) is 60.8 Å². The third kappa shape index (κ3) is 4.93. The van der Waals surface area contributed by atoms with Crippen LogP contribution in [-0.2, 0) is 6.42 Å². The first-order chi connectivity index (χ1) is 10.1. The van der Waals surface area contributed by atoms with Gasteiger partial charge in [0, 0.05) is 16.7 Å². The van der Waals surface area contributed by atoms with Gasteiger partial charge in [0.05, 0.1) is 10.0 Å². The molecule has 1 atom stereocenters. The minimum atomic E-state index is 0.0140. The molecule has 0 aliphatic heterocycles. The highest BCUT2D eigenvalue weighted by molar-refractivity contribution is 7.99. The normalized spacial score (nSPS) is 12.4. The van der Waals surface area contributed by atoms with Gasteiger partial charge in [0.25, 0.3) is 0 Å². The number of thioether (sulfide) groups is 1. The second kappa shape index (κ2) is 8.09. The molecule has 1 unspecified atom stereocenters. The predicted molar refractivity (Wildman–Crippen MR) is 94.6 cm³/mol. The van der Waals surface area contributed by atoms with Gasteiger partial charge in [0.2, 0.25) is 0 Å². The summed E-state index contributed by atoms with van der Waals surface area (Å²) in [6, 6.07) is 14.3. The molecule has 0 saturated carbocycles. The Morgan fingerprint density at radius 1 is 1.05 bits per heavy atom. The maximum Gasteiger partial charge on any atom is 0.0603 e. The van der Waals surface area contributed by atoms with Crippen LogP contribution in [0.25, 0.3) is 0 Å². The van der Waals surface area contributed by atoms with Crippen LogP contribution in [0.3, 0.4) is 0 Å². The SMILES string of the molecule is CCCc1ccc(C(N)CSc2ccc(Cl)c(Cl)c2)cc1. The monoisotopic (exact) mass is 339 g/mol. The molecule has 0 fully saturated rings. The number of halogens is 2. The van der Waals surface area contributed by atoms with Crippen LogP contribution in [0.5, 0.6) is 0 Å². The van der Waals surface area contributed by atoms with Gasteiger partial charge in [-0.25, -0.2) is 0 Å². The summed E-state index contributed by atoms with van der Waals surface area (Å²) in [4.78, 5) is 1.09. The number of nitrogens with two attached hydrogens (primary N) is 1. The van der Waals surface area contributed by atoms with Crippen molar-refractivity contribution < 1.29 is 0 Å². The van der Waals surface area contributed by atoms with Gasteiger partial charge in [-0.05, 0) is 35.7 Å². The van der Waals surface area contributed by atoms with Gasteiger partial charge >= 0.3 is 0 Å². The largest absolute Gasteiger partial charge is 0.323 e. The average Bonchev–Trinajstić information content (AvgIpc) is 2.49. The van der Waals surface area contributed by atoms with Crippen molar-refractivity contribution >= 4 is 35.0 Å². The fourth-order valence-corrected chi connectivity index (χ4v) is 3.36. The van der Waals surface area contributed by atoms with Crippen molar-refractivity contribution in [3.05, 3.63) is 63.6 Å². The Hall–Kier alpha value is -0.670. The summed E-state index contributed by atoms with van der Waals surface area (Å²) in [5, 5.41) is 1.16. The molecular formula is C17H19Cl2NS. The van der Waals surface area contributed by atoms with E-state index in [2.05, 4.69) is 31.2 Å². The van der Waals surface area contributed by atoms with E-state index in [0.29, 0.717) is 10.0 Å². The van der Waals surface area contributed by atoms with E-state index in [1.54, 1.807) is 11.8 Å². The van der Waals surface area contributed by atoms with Crippen molar-refractivity contribution in [2.45, 2.75) is 30.7 Å². The number of benzene rings is 2. The summed E-state index contributed by atoms with van der Waals surface area (Å²) in [7, 11) is 0. The van der Waals surface area contributed by atoms with Crippen LogP contribution in [0.2, 0.25) is 10.0 Å². The Bertz CT molecular complexity index is 584. The Morgan fingerprint density at radius 2 is 1.76 bits per heavy atom. The first-order valence-corrected chi connectivity index (χ1v) is 8.76. The molecule has 0 aromatic heterocycles. The molecule has 4 heteroatoms. The second-order valence-electron chi connectivity index (χ2n) is 4.98. The van der Waals surface area contributed by atoms with Crippen molar-refractivity contribution in [2.75, 3.05) is 5.75 Å². The Morgan fingerprint density at radius 3 is 2.38 bits per heavy atom. The second-order valence-corrected chi connectivity index (χ2v) is 6.89. The number of hydrogen-bond acceptors (Lipinski definition) is 2. The highest BCUT2D eigenvalue weighted by Gasteiger charge is 2.08. The van der Waals surface area contributed by atoms with E-state index in [0.717, 1.165) is 17.1 Å². The molecule has 0 radical (unpaired) electrons. The standard InChI is InChI=1S/C17H19Cl2NS/c1-2-3-12-4-6-13(7-5-12)17(20)11-21-14-8-9-15(18)16(19)10-14/h4-10,17H,2-3,11,20H2,1H3. The van der Waals surface area contributed by atoms with Crippen molar-refractivity contribution in [3.8, 4) is 0 Å². The lowest BCUT2D eigenvalue weighted by atomic mass is 10.0. The summed E-state index contributed by atoms with van der Waals surface area (Å²) in [5.74, 6) is 0.811. The van der Waals surface area contributed by atoms with Crippen LogP contribution >= 0.6 is 35.0 Å². The van der Waals surface area contributed by atoms with Crippen LogP contribution in [0.1, 0.15) is 30.5 Å². The lowest BCUT2D eigenvalue weighted by Gasteiger charge is -2.12. The van der Waals surface area contributed by atoms with Crippen LogP contribution in [0, 0.1) is 0 Å². The molecule has 0 amide bonds. The van der Waals surface area contributed by atoms with Crippen molar-refractivity contribution in [1.82, 2.24) is 0 Å². The number of hydrogen-bond donors (Lipinski definition) is 1. The maximum atomic E-state index is 6.25. The molecule has 0 bridgehead atoms. The van der Waals surface area contributed by atoms with Crippen molar-refractivity contribution in [1.29, 1.82) is 0 Å². The van der Waals surface area contributed by atoms with Crippen LogP contribution in [-0.4, -0.2) is 5.75 Å². The molecule has 0 aliphatic carbocycles. The first kappa shape index (κ1) is 16.7. The smallest absolute Gasteiger partial charge is 0.0603 e. The summed E-state index contributed by atoms with van der Waals surface area (Å²) < 4.78 is 0. The zero-order chi connectivity index (χ0) is 15.2. The van der Waals surface area contributed by atoms with E-state index in [4.69, 9.17) is 28.9 Å². The topological polar surface area (TPSA) is 26.0 Å². The lowest BCUT2D eigenvalue weighted by Crippen LogP contribution is -2.12. The molecule has 2 aromatic carbocycles. The van der Waals surface area contributed by atoms with Crippen molar-refractivity contribution in [2.24, 2.45) is 5.73 Å². The van der Waals surface area contributed by atoms with E-state index in [-0.39, 0.29) is 6.04 Å². The van der Waals surface area contributed by atoms with Crippen LogP contribution < -0.4 is 5.73 Å². The summed E-state index contributed by atoms with van der Waals surface area (Å²) in [6.45, 7) is 2.19. The Balaban J connectivity index is 1.94. The molecule has 0 saturated heterocycles. The zero-order valence-corrected chi connectivity index (χ0v) is 14.3. The van der Waals surface area contributed by atoms with Crippen LogP contribution in [0.4, 0.5) is 0 Å². The molecule has 0 spiro atoms. The minimum Gasteiger partial charge on any atom is -0.323 e. The Labute approximate surface area is 140 Å². The first-order valence-electron chi connectivity index (χ1n) is 7.02. The van der Waals surface area contributed by atoms with Crippen LogP contribution in [0.15, 0.2) is 47.4 Å². The average molecular weight is 340 g/mol. The van der Waals surface area contributed by atoms with Gasteiger partial charge < -0.3 is 5.73 Å². The van der Waals surface area contributed by atoms with Gasteiger partial charge in [-0.3, -0.25) is 0 Å². The maximum absolute atomic E-state index is 6.25. The van der Waals surface area contributed by atoms with E-state index in [1.807, 2.05) is 18.2 Å². The molecule has 2 N–H and O–H groups in total. The predicted octanol–water partition coefficient (Wildman–Crippen LogP) is 5.74. The molecule has 21 heavy (non-hydrogen) atoms. The molecule has 2 aromatic rings. The van der Waals surface area contributed by atoms with Gasteiger partial charge in [0.1, 0.15) is 0 Å². The summed E-state index contributed by atoms with van der Waals surface area (Å²) in [6.07, 6.45) is 2.28. The third-order valence-electron chi connectivity index (χ3n) is 3.27. The van der Waals surface area contributed by atoms with Crippen molar-refractivity contribution in [3.63, 3.8) is 0 Å². The zero-order valence-electron chi connectivity index (χ0n) is 12.0. The Kier molecular flexibility index (Phi) is 6.43. The molecular weight excluding hydrogens is 321 g/mol. The fraction of sp³-hybridized carbons (Fsp3) is 0.294. The summed E-state index contributed by atoms with van der Waals surface area (Å²) in [5.41, 5.74) is 8.79. The molecule has 0 aliphatic rings. The molecule has 1 nitrogen and oxygen atoms in total. The van der Waals surface area contributed by atoms with E-state index in [9.17, 15) is 0 Å². The highest BCUT2D eigenvalue weighted by atomic mass is 35.5. The third-order valence-corrected chi connectivity index (χ3v) is 5.12. The van der Waals surface area contributed by atoms with E-state index >= 15 is 0 Å². The molecule has 2 rings (SSSR count). The van der Waals surface area contributed by atoms with E-state index < -0.39 is 0 Å². The quantitative estimate of drug-likeness (QED) is 0.679.